The molecule has 182 valence electrons. The fourth-order valence-corrected chi connectivity index (χ4v) is 5.47. The Morgan fingerprint density at radius 2 is 1.73 bits per heavy atom. The van der Waals surface area contributed by atoms with E-state index in [0.29, 0.717) is 11.8 Å². The molecule has 2 N–H and O–H groups in total. The van der Waals surface area contributed by atoms with Gasteiger partial charge in [-0.3, -0.25) is 9.48 Å². The molecule has 1 fully saturated rings. The minimum absolute atomic E-state index is 0.00206. The molecule has 1 aromatic heterocycles. The summed E-state index contributed by atoms with van der Waals surface area (Å²) in [5.41, 5.74) is 3.88. The molecule has 0 aliphatic carbocycles. The van der Waals surface area contributed by atoms with Crippen molar-refractivity contribution in [3.05, 3.63) is 52.8 Å². The van der Waals surface area contributed by atoms with Crippen molar-refractivity contribution in [1.29, 1.82) is 0 Å². The van der Waals surface area contributed by atoms with E-state index in [0.717, 1.165) is 41.6 Å². The van der Waals surface area contributed by atoms with E-state index < -0.39 is 22.2 Å². The molecular formula is C24H37N5O3S. The third kappa shape index (κ3) is 6.65. The van der Waals surface area contributed by atoms with Crippen molar-refractivity contribution in [2.75, 3.05) is 13.6 Å². The van der Waals surface area contributed by atoms with Crippen LogP contribution in [-0.4, -0.2) is 48.6 Å². The van der Waals surface area contributed by atoms with Gasteiger partial charge in [0.2, 0.25) is 5.91 Å². The minimum atomic E-state index is -4.07. The number of benzene rings is 1. The van der Waals surface area contributed by atoms with Gasteiger partial charge >= 0.3 is 10.2 Å². The van der Waals surface area contributed by atoms with E-state index in [1.807, 2.05) is 25.4 Å². The Balaban J connectivity index is 1.75. The van der Waals surface area contributed by atoms with Crippen LogP contribution in [0.2, 0.25) is 0 Å². The number of aryl methyl sites for hydroxylation is 1. The summed E-state index contributed by atoms with van der Waals surface area (Å²) in [4.78, 5) is 14.9. The van der Waals surface area contributed by atoms with Crippen molar-refractivity contribution in [2.45, 2.75) is 70.9 Å². The van der Waals surface area contributed by atoms with Crippen LogP contribution >= 0.6 is 0 Å². The van der Waals surface area contributed by atoms with Gasteiger partial charge in [0.25, 0.3) is 0 Å². The molecule has 33 heavy (non-hydrogen) atoms. The normalized spacial score (nSPS) is 18.2. The standard InChI is InChI=1S/C24H37N5O3S/c1-16(2)19-10-18(11-20(13-19)17(3)4)12-23(30)26-33(31,32)27-24(21-14-25-29(6)15-21)22-8-7-9-28(22)5/h10-11,13-17,22,24,27H,7-9,12H2,1-6H3,(H,26,30)/t22-,24?/m0/s1. The summed E-state index contributed by atoms with van der Waals surface area (Å²) in [6.07, 6.45) is 5.35. The second-order valence-corrected chi connectivity index (χ2v) is 11.2. The number of amides is 1. The fourth-order valence-electron chi connectivity index (χ4n) is 4.41. The predicted molar refractivity (Wildman–Crippen MR) is 130 cm³/mol. The molecule has 2 heterocycles. The molecule has 0 saturated carbocycles. The van der Waals surface area contributed by atoms with Crippen LogP contribution in [0, 0.1) is 0 Å². The molecule has 8 nitrogen and oxygen atoms in total. The molecular weight excluding hydrogens is 438 g/mol. The van der Waals surface area contributed by atoms with Crippen molar-refractivity contribution in [3.63, 3.8) is 0 Å². The minimum Gasteiger partial charge on any atom is -0.301 e. The molecule has 1 unspecified atom stereocenters. The Morgan fingerprint density at radius 1 is 1.09 bits per heavy atom. The molecule has 1 amide bonds. The monoisotopic (exact) mass is 475 g/mol. The molecule has 1 saturated heterocycles. The lowest BCUT2D eigenvalue weighted by Gasteiger charge is -2.29. The van der Waals surface area contributed by atoms with Crippen molar-refractivity contribution < 1.29 is 13.2 Å². The number of nitrogens with one attached hydrogen (secondary N) is 2. The van der Waals surface area contributed by atoms with Gasteiger partial charge in [-0.1, -0.05) is 45.9 Å². The van der Waals surface area contributed by atoms with Crippen molar-refractivity contribution in [3.8, 4) is 0 Å². The molecule has 0 radical (unpaired) electrons. The highest BCUT2D eigenvalue weighted by Crippen LogP contribution is 2.29. The average molecular weight is 476 g/mol. The second kappa shape index (κ2) is 10.4. The van der Waals surface area contributed by atoms with Crippen molar-refractivity contribution in [1.82, 2.24) is 24.1 Å². The van der Waals surface area contributed by atoms with Crippen LogP contribution in [0.3, 0.4) is 0 Å². The zero-order valence-corrected chi connectivity index (χ0v) is 21.3. The van der Waals surface area contributed by atoms with E-state index in [2.05, 4.69) is 53.2 Å². The maximum absolute atomic E-state index is 12.9. The molecule has 9 heteroatoms. The van der Waals surface area contributed by atoms with Gasteiger partial charge in [0.05, 0.1) is 18.7 Å². The van der Waals surface area contributed by atoms with Crippen LogP contribution in [0.25, 0.3) is 0 Å². The smallest absolute Gasteiger partial charge is 0.301 e. The van der Waals surface area contributed by atoms with Crippen LogP contribution in [0.4, 0.5) is 0 Å². The lowest BCUT2D eigenvalue weighted by Crippen LogP contribution is -2.47. The van der Waals surface area contributed by atoms with Crippen LogP contribution in [0.5, 0.6) is 0 Å². The summed E-state index contributed by atoms with van der Waals surface area (Å²) in [5.74, 6) is 0.0851. The SMILES string of the molecule is CC(C)c1cc(CC(=O)NS(=O)(=O)NC(c2cnn(C)c2)[C@@H]2CCCN2C)cc(C(C)C)c1. The maximum Gasteiger partial charge on any atom is 0.301 e. The Hall–Kier alpha value is -2.23. The molecule has 2 atom stereocenters. The predicted octanol–water partition coefficient (Wildman–Crippen LogP) is 3.00. The summed E-state index contributed by atoms with van der Waals surface area (Å²) in [5, 5.41) is 4.20. The van der Waals surface area contributed by atoms with Gasteiger partial charge in [-0.15, -0.1) is 0 Å². The third-order valence-electron chi connectivity index (χ3n) is 6.31. The lowest BCUT2D eigenvalue weighted by molar-refractivity contribution is -0.118. The molecule has 3 rings (SSSR count). The zero-order valence-electron chi connectivity index (χ0n) is 20.5. The summed E-state index contributed by atoms with van der Waals surface area (Å²) in [7, 11) is -0.280. The first-order valence-corrected chi connectivity index (χ1v) is 13.1. The number of carbonyl (C=O) groups excluding carboxylic acids is 1. The lowest BCUT2D eigenvalue weighted by atomic mass is 9.92. The van der Waals surface area contributed by atoms with Gasteiger partial charge in [-0.25, -0.2) is 4.72 Å². The molecule has 0 bridgehead atoms. The Labute approximate surface area is 197 Å². The first-order valence-electron chi connectivity index (χ1n) is 11.6. The van der Waals surface area contributed by atoms with Gasteiger partial charge in [-0.05, 0) is 55.0 Å². The quantitative estimate of drug-likeness (QED) is 0.581. The largest absolute Gasteiger partial charge is 0.301 e. The summed E-state index contributed by atoms with van der Waals surface area (Å²) in [6, 6.07) is 5.64. The number of rotatable bonds is 9. The van der Waals surface area contributed by atoms with Crippen LogP contribution in [-0.2, 0) is 28.5 Å². The van der Waals surface area contributed by atoms with E-state index in [1.54, 1.807) is 17.9 Å². The summed E-state index contributed by atoms with van der Waals surface area (Å²) >= 11 is 0. The van der Waals surface area contributed by atoms with Crippen LogP contribution < -0.4 is 9.44 Å². The van der Waals surface area contributed by atoms with E-state index >= 15 is 0 Å². The highest BCUT2D eigenvalue weighted by molar-refractivity contribution is 7.88. The number of aromatic nitrogens is 2. The van der Waals surface area contributed by atoms with Gasteiger partial charge in [0, 0.05) is 24.8 Å². The number of likely N-dealkylation sites (N-methyl/N-ethyl adjacent to an activating group) is 1. The first-order chi connectivity index (χ1) is 15.4. The molecule has 1 aliphatic heterocycles. The van der Waals surface area contributed by atoms with E-state index in [4.69, 9.17) is 0 Å². The highest BCUT2D eigenvalue weighted by Gasteiger charge is 2.34. The highest BCUT2D eigenvalue weighted by atomic mass is 32.2. The van der Waals surface area contributed by atoms with Crippen LogP contribution in [0.1, 0.15) is 80.7 Å². The van der Waals surface area contributed by atoms with Gasteiger partial charge in [0.15, 0.2) is 0 Å². The van der Waals surface area contributed by atoms with Gasteiger partial charge in [-0.2, -0.15) is 18.2 Å². The van der Waals surface area contributed by atoms with Crippen molar-refractivity contribution in [2.24, 2.45) is 7.05 Å². The Morgan fingerprint density at radius 3 is 2.21 bits per heavy atom. The van der Waals surface area contributed by atoms with Crippen molar-refractivity contribution >= 4 is 16.1 Å². The second-order valence-electron chi connectivity index (χ2n) is 9.76. The molecule has 1 aliphatic rings. The number of hydrogen-bond acceptors (Lipinski definition) is 5. The molecule has 1 aromatic carbocycles. The molecule has 2 aromatic rings. The van der Waals surface area contributed by atoms with Crippen LogP contribution in [0.15, 0.2) is 30.6 Å². The first kappa shape index (κ1) is 25.4. The fraction of sp³-hybridized carbons (Fsp3) is 0.583. The maximum atomic E-state index is 12.9. The average Bonchev–Trinajstić information content (AvgIpc) is 3.33. The Kier molecular flexibility index (Phi) is 7.97. The van der Waals surface area contributed by atoms with Gasteiger partial charge < -0.3 is 4.90 Å². The number of hydrogen-bond donors (Lipinski definition) is 2. The number of carbonyl (C=O) groups is 1. The Bertz CT molecular complexity index is 1050. The summed E-state index contributed by atoms with van der Waals surface area (Å²) < 4.78 is 32.5. The third-order valence-corrected chi connectivity index (χ3v) is 7.37. The van der Waals surface area contributed by atoms with Gasteiger partial charge in [0.1, 0.15) is 0 Å². The number of likely N-dealkylation sites (tertiary alicyclic amines) is 1. The molecule has 0 spiro atoms. The zero-order chi connectivity index (χ0) is 24.3. The van der Waals surface area contributed by atoms with E-state index in [9.17, 15) is 13.2 Å². The van der Waals surface area contributed by atoms with E-state index in [-0.39, 0.29) is 12.5 Å². The topological polar surface area (TPSA) is 96.3 Å². The summed E-state index contributed by atoms with van der Waals surface area (Å²) in [6.45, 7) is 9.33. The number of nitrogens with zero attached hydrogens (tertiary/aromatic N) is 3. The van der Waals surface area contributed by atoms with E-state index in [1.165, 1.54) is 0 Å².